The summed E-state index contributed by atoms with van der Waals surface area (Å²) in [4.78, 5) is 0. The third kappa shape index (κ3) is 5.62. The Bertz CT molecular complexity index is 882. The molecule has 3 nitrogen and oxygen atoms in total. The molecule has 2 aromatic carbocycles. The van der Waals surface area contributed by atoms with Gasteiger partial charge < -0.3 is 14.2 Å². The molecule has 0 fully saturated rings. The lowest BCUT2D eigenvalue weighted by atomic mass is 9.74. The van der Waals surface area contributed by atoms with Gasteiger partial charge in [-0.3, -0.25) is 0 Å². The van der Waals surface area contributed by atoms with Gasteiger partial charge >= 0.3 is 0 Å². The van der Waals surface area contributed by atoms with Crippen molar-refractivity contribution in [3.63, 3.8) is 0 Å². The van der Waals surface area contributed by atoms with Gasteiger partial charge in [-0.2, -0.15) is 0 Å². The van der Waals surface area contributed by atoms with Crippen LogP contribution in [0.25, 0.3) is 0 Å². The molecule has 0 aromatic heterocycles. The van der Waals surface area contributed by atoms with Crippen LogP contribution in [-0.2, 0) is 16.1 Å². The van der Waals surface area contributed by atoms with Gasteiger partial charge in [-0.25, -0.2) is 0 Å². The van der Waals surface area contributed by atoms with E-state index >= 15 is 0 Å². The Morgan fingerprint density at radius 2 is 1.73 bits per heavy atom. The van der Waals surface area contributed by atoms with Gasteiger partial charge in [-0.05, 0) is 61.6 Å². The van der Waals surface area contributed by atoms with E-state index in [1.165, 1.54) is 5.57 Å². The average molecular weight is 407 g/mol. The third-order valence-electron chi connectivity index (χ3n) is 5.80. The van der Waals surface area contributed by atoms with E-state index in [-0.39, 0.29) is 11.0 Å². The van der Waals surface area contributed by atoms with Crippen molar-refractivity contribution in [2.24, 2.45) is 11.3 Å². The highest BCUT2D eigenvalue weighted by Gasteiger charge is 2.34. The fourth-order valence-electron chi connectivity index (χ4n) is 3.71. The predicted octanol–water partition coefficient (Wildman–Crippen LogP) is 6.95. The highest BCUT2D eigenvalue weighted by molar-refractivity contribution is 5.34. The summed E-state index contributed by atoms with van der Waals surface area (Å²) < 4.78 is 18.0. The second kappa shape index (κ2) is 9.63. The predicted molar refractivity (Wildman–Crippen MR) is 123 cm³/mol. The van der Waals surface area contributed by atoms with Gasteiger partial charge in [-0.1, -0.05) is 62.4 Å². The SMILES string of the molecule is CCOC1(C)C=CC(C(C)(C)COCc2cccc(Oc3ccccc3)c2)C=C1C. The largest absolute Gasteiger partial charge is 0.457 e. The Morgan fingerprint density at radius 3 is 2.43 bits per heavy atom. The van der Waals surface area contributed by atoms with Crippen LogP contribution in [0.3, 0.4) is 0 Å². The molecule has 3 rings (SSSR count). The molecular weight excluding hydrogens is 372 g/mol. The van der Waals surface area contributed by atoms with Crippen LogP contribution in [0.5, 0.6) is 11.5 Å². The van der Waals surface area contributed by atoms with E-state index in [1.54, 1.807) is 0 Å². The minimum absolute atomic E-state index is 0.0105. The monoisotopic (exact) mass is 406 g/mol. The molecule has 0 amide bonds. The van der Waals surface area contributed by atoms with E-state index in [0.717, 1.165) is 17.1 Å². The Hall–Kier alpha value is -2.36. The maximum atomic E-state index is 6.13. The van der Waals surface area contributed by atoms with Crippen molar-refractivity contribution in [2.75, 3.05) is 13.2 Å². The van der Waals surface area contributed by atoms with E-state index in [0.29, 0.717) is 25.7 Å². The minimum Gasteiger partial charge on any atom is -0.457 e. The number of hydrogen-bond acceptors (Lipinski definition) is 3. The van der Waals surface area contributed by atoms with Crippen LogP contribution >= 0.6 is 0 Å². The van der Waals surface area contributed by atoms with Crippen molar-refractivity contribution in [1.82, 2.24) is 0 Å². The number of ether oxygens (including phenoxy) is 3. The number of hydrogen-bond donors (Lipinski definition) is 0. The second-order valence-electron chi connectivity index (χ2n) is 8.82. The van der Waals surface area contributed by atoms with Crippen LogP contribution in [0, 0.1) is 11.3 Å². The standard InChI is InChI=1S/C27H34O3/c1-6-29-27(5)16-15-23(17-21(27)2)26(3,4)20-28-19-22-11-10-14-25(18-22)30-24-12-8-7-9-13-24/h7-18,23H,6,19-20H2,1-5H3. The highest BCUT2D eigenvalue weighted by atomic mass is 16.5. The lowest BCUT2D eigenvalue weighted by Crippen LogP contribution is -2.35. The summed E-state index contributed by atoms with van der Waals surface area (Å²) in [5, 5.41) is 0. The van der Waals surface area contributed by atoms with Gasteiger partial charge in [0.05, 0.1) is 13.2 Å². The summed E-state index contributed by atoms with van der Waals surface area (Å²) in [5.41, 5.74) is 2.06. The summed E-state index contributed by atoms with van der Waals surface area (Å²) >= 11 is 0. The number of rotatable bonds is 9. The zero-order valence-corrected chi connectivity index (χ0v) is 18.9. The first-order chi connectivity index (χ1) is 14.3. The first-order valence-electron chi connectivity index (χ1n) is 10.7. The van der Waals surface area contributed by atoms with Crippen LogP contribution in [0.1, 0.15) is 40.2 Å². The van der Waals surface area contributed by atoms with E-state index in [4.69, 9.17) is 14.2 Å². The van der Waals surface area contributed by atoms with Gasteiger partial charge in [0.1, 0.15) is 17.1 Å². The summed E-state index contributed by atoms with van der Waals surface area (Å²) in [7, 11) is 0. The molecule has 2 atom stereocenters. The molecule has 2 unspecified atom stereocenters. The molecule has 160 valence electrons. The Labute approximate surface area is 181 Å². The van der Waals surface area contributed by atoms with Crippen molar-refractivity contribution in [1.29, 1.82) is 0 Å². The molecule has 1 aliphatic carbocycles. The van der Waals surface area contributed by atoms with Crippen molar-refractivity contribution in [3.05, 3.63) is 84.0 Å². The number of para-hydroxylation sites is 1. The van der Waals surface area contributed by atoms with Gasteiger partial charge in [0.25, 0.3) is 0 Å². The molecule has 0 saturated carbocycles. The maximum absolute atomic E-state index is 6.13. The number of allylic oxidation sites excluding steroid dienone is 2. The Balaban J connectivity index is 1.56. The molecule has 0 heterocycles. The van der Waals surface area contributed by atoms with Crippen LogP contribution < -0.4 is 4.74 Å². The smallest absolute Gasteiger partial charge is 0.127 e. The number of benzene rings is 2. The van der Waals surface area contributed by atoms with Crippen LogP contribution in [-0.4, -0.2) is 18.8 Å². The van der Waals surface area contributed by atoms with Gasteiger partial charge in [0, 0.05) is 12.5 Å². The summed E-state index contributed by atoms with van der Waals surface area (Å²) in [6.07, 6.45) is 6.79. The lowest BCUT2D eigenvalue weighted by Gasteiger charge is -2.37. The molecule has 0 spiro atoms. The van der Waals surface area contributed by atoms with Crippen LogP contribution in [0.2, 0.25) is 0 Å². The molecule has 0 N–H and O–H groups in total. The fraction of sp³-hybridized carbons (Fsp3) is 0.407. The van der Waals surface area contributed by atoms with Crippen LogP contribution in [0.15, 0.2) is 78.4 Å². The Morgan fingerprint density at radius 1 is 1.00 bits per heavy atom. The van der Waals surface area contributed by atoms with E-state index in [9.17, 15) is 0 Å². The zero-order chi connectivity index (χ0) is 21.6. The summed E-state index contributed by atoms with van der Waals surface area (Å²) in [5.74, 6) is 1.98. The second-order valence-corrected chi connectivity index (χ2v) is 8.82. The third-order valence-corrected chi connectivity index (χ3v) is 5.80. The maximum Gasteiger partial charge on any atom is 0.127 e. The summed E-state index contributed by atoms with van der Waals surface area (Å²) in [6.45, 7) is 12.8. The van der Waals surface area contributed by atoms with Crippen molar-refractivity contribution < 1.29 is 14.2 Å². The van der Waals surface area contributed by atoms with Gasteiger partial charge in [0.2, 0.25) is 0 Å². The molecule has 3 heteroatoms. The molecule has 0 bridgehead atoms. The topological polar surface area (TPSA) is 27.7 Å². The summed E-state index contributed by atoms with van der Waals surface area (Å²) in [6, 6.07) is 17.9. The van der Waals surface area contributed by atoms with Gasteiger partial charge in [0.15, 0.2) is 0 Å². The van der Waals surface area contributed by atoms with Crippen LogP contribution in [0.4, 0.5) is 0 Å². The average Bonchev–Trinajstić information content (AvgIpc) is 2.71. The highest BCUT2D eigenvalue weighted by Crippen LogP contribution is 2.38. The molecular formula is C27H34O3. The van der Waals surface area contributed by atoms with Gasteiger partial charge in [-0.15, -0.1) is 0 Å². The molecule has 0 saturated heterocycles. The fourth-order valence-corrected chi connectivity index (χ4v) is 3.71. The molecule has 30 heavy (non-hydrogen) atoms. The van der Waals surface area contributed by atoms with E-state index in [2.05, 4.69) is 52.0 Å². The first-order valence-corrected chi connectivity index (χ1v) is 10.7. The first kappa shape index (κ1) is 22.3. The zero-order valence-electron chi connectivity index (χ0n) is 18.9. The quantitative estimate of drug-likeness (QED) is 0.422. The van der Waals surface area contributed by atoms with Crippen molar-refractivity contribution in [3.8, 4) is 11.5 Å². The normalized spacial score (nSPS) is 21.4. The molecule has 0 radical (unpaired) electrons. The van der Waals surface area contributed by atoms with E-state index < -0.39 is 0 Å². The lowest BCUT2D eigenvalue weighted by molar-refractivity contribution is 0.0266. The molecule has 1 aliphatic rings. The molecule has 0 aliphatic heterocycles. The van der Waals surface area contributed by atoms with E-state index in [1.807, 2.05) is 55.5 Å². The van der Waals surface area contributed by atoms with Crippen molar-refractivity contribution in [2.45, 2.75) is 46.8 Å². The Kier molecular flexibility index (Phi) is 7.17. The minimum atomic E-state index is -0.290. The van der Waals surface area contributed by atoms with Crippen molar-refractivity contribution >= 4 is 0 Å². The molecule has 2 aromatic rings.